The number of fused-ring (bicyclic) bond motifs is 8. The highest BCUT2D eigenvalue weighted by Crippen LogP contribution is 2.52. The van der Waals surface area contributed by atoms with Gasteiger partial charge < -0.3 is 19.3 Å². The van der Waals surface area contributed by atoms with Gasteiger partial charge in [-0.05, 0) is 65.4 Å². The number of aliphatic hydroxyl groups excluding tert-OH is 1. The Hall–Kier alpha value is -1.65. The van der Waals surface area contributed by atoms with E-state index in [1.807, 2.05) is 0 Å². The molecule has 0 amide bonds. The molecule has 0 saturated heterocycles. The Morgan fingerprint density at radius 2 is 1.93 bits per heavy atom. The maximum Gasteiger partial charge on any atom is 0.231 e. The van der Waals surface area contributed by atoms with E-state index < -0.39 is 6.10 Å². The Balaban J connectivity index is 1.52. The first-order chi connectivity index (χ1) is 13.6. The predicted octanol–water partition coefficient (Wildman–Crippen LogP) is 2.83. The van der Waals surface area contributed by atoms with Crippen molar-refractivity contribution in [1.82, 2.24) is 4.90 Å². The molecule has 2 aromatic carbocycles. The number of likely N-dealkylation sites (N-methyl/N-ethyl adjacent to an activating group) is 1. The average molecular weight is 397 g/mol. The lowest BCUT2D eigenvalue weighted by Crippen LogP contribution is -2.45. The number of benzene rings is 2. The van der Waals surface area contributed by atoms with Crippen LogP contribution in [0, 0.1) is 0 Å². The summed E-state index contributed by atoms with van der Waals surface area (Å²) in [4.78, 5) is 2.41. The van der Waals surface area contributed by atoms with Gasteiger partial charge in [-0.1, -0.05) is 20.1 Å². The predicted molar refractivity (Wildman–Crippen MR) is 108 cm³/mol. The molecule has 0 radical (unpaired) electrons. The number of ether oxygens (including phenoxy) is 3. The third kappa shape index (κ3) is 2.34. The lowest BCUT2D eigenvalue weighted by Gasteiger charge is -2.47. The second-order valence-electron chi connectivity index (χ2n) is 8.38. The second-order valence-corrected chi connectivity index (χ2v) is 10.5. The highest BCUT2D eigenvalue weighted by molar-refractivity contribution is 7.65. The fourth-order valence-corrected chi connectivity index (χ4v) is 7.36. The lowest BCUT2D eigenvalue weighted by atomic mass is 9.70. The van der Waals surface area contributed by atoms with Crippen LogP contribution in [0.2, 0.25) is 0 Å². The Labute approximate surface area is 166 Å². The molecule has 4 unspecified atom stereocenters. The first-order valence-electron chi connectivity index (χ1n) is 9.86. The van der Waals surface area contributed by atoms with Gasteiger partial charge in [0.2, 0.25) is 6.79 Å². The summed E-state index contributed by atoms with van der Waals surface area (Å²) >= 11 is 0. The van der Waals surface area contributed by atoms with Gasteiger partial charge in [0, 0.05) is 18.5 Å². The molecule has 3 aliphatic heterocycles. The minimum absolute atomic E-state index is 0.0816. The van der Waals surface area contributed by atoms with E-state index >= 15 is 0 Å². The molecule has 2 aromatic rings. The van der Waals surface area contributed by atoms with Crippen molar-refractivity contribution < 1.29 is 19.3 Å². The van der Waals surface area contributed by atoms with Gasteiger partial charge in [-0.2, -0.15) is 0 Å². The molecule has 6 rings (SSSR count). The van der Waals surface area contributed by atoms with Gasteiger partial charge >= 0.3 is 0 Å². The second kappa shape index (κ2) is 6.17. The molecular formula is C22H24NO4P. The maximum atomic E-state index is 11.2. The van der Waals surface area contributed by atoms with Gasteiger partial charge in [-0.15, -0.1) is 0 Å². The molecule has 3 heterocycles. The monoisotopic (exact) mass is 397 g/mol. The van der Waals surface area contributed by atoms with E-state index in [9.17, 15) is 5.11 Å². The smallest absolute Gasteiger partial charge is 0.231 e. The molecule has 5 nitrogen and oxygen atoms in total. The molecule has 6 heteroatoms. The Morgan fingerprint density at radius 1 is 1.11 bits per heavy atom. The van der Waals surface area contributed by atoms with E-state index in [1.54, 1.807) is 0 Å². The molecule has 28 heavy (non-hydrogen) atoms. The van der Waals surface area contributed by atoms with Crippen LogP contribution in [0.25, 0.3) is 0 Å². The zero-order chi connectivity index (χ0) is 19.0. The van der Waals surface area contributed by atoms with Crippen LogP contribution in [-0.4, -0.2) is 43.0 Å². The van der Waals surface area contributed by atoms with Crippen molar-refractivity contribution in [1.29, 1.82) is 0 Å². The van der Waals surface area contributed by atoms with Gasteiger partial charge in [0.05, 0.1) is 19.1 Å². The SMILES string of the molecule is CN1Cc2c(ccc3c2P(C)COC3)C2C(O)Cc3cc4c(cc3C21)OCO4. The van der Waals surface area contributed by atoms with Gasteiger partial charge in [-0.25, -0.2) is 0 Å². The number of hydrogen-bond donors (Lipinski definition) is 1. The van der Waals surface area contributed by atoms with Crippen molar-refractivity contribution in [2.24, 2.45) is 0 Å². The third-order valence-electron chi connectivity index (χ3n) is 6.71. The zero-order valence-corrected chi connectivity index (χ0v) is 17.0. The van der Waals surface area contributed by atoms with Crippen LogP contribution in [-0.2, 0) is 24.3 Å². The standard InChI is InChI=1S/C22H24NO4P/c1-23-8-16-14(4-3-12-9-25-11-28(2)22(12)16)20-17(24)5-13-6-18-19(27-10-26-18)7-15(13)21(20)23/h3-4,6-7,17,20-21,24H,5,8-11H2,1-2H3. The third-order valence-corrected chi connectivity index (χ3v) is 8.60. The molecule has 4 aliphatic rings. The number of hydrogen-bond acceptors (Lipinski definition) is 5. The van der Waals surface area contributed by atoms with Crippen molar-refractivity contribution in [2.75, 3.05) is 26.9 Å². The van der Waals surface area contributed by atoms with E-state index in [1.165, 1.54) is 33.1 Å². The molecule has 0 bridgehead atoms. The summed E-state index contributed by atoms with van der Waals surface area (Å²) in [5.41, 5.74) is 6.54. The van der Waals surface area contributed by atoms with Crippen LogP contribution in [0.15, 0.2) is 24.3 Å². The first kappa shape index (κ1) is 17.2. The summed E-state index contributed by atoms with van der Waals surface area (Å²) in [6.45, 7) is 4.21. The average Bonchev–Trinajstić information content (AvgIpc) is 3.13. The van der Waals surface area contributed by atoms with Crippen LogP contribution >= 0.6 is 7.92 Å². The van der Waals surface area contributed by atoms with Crippen molar-refractivity contribution in [3.05, 3.63) is 52.1 Å². The quantitative estimate of drug-likeness (QED) is 0.693. The number of aliphatic hydroxyl groups is 1. The van der Waals surface area contributed by atoms with Gasteiger partial charge in [0.15, 0.2) is 11.5 Å². The highest BCUT2D eigenvalue weighted by Gasteiger charge is 2.45. The summed E-state index contributed by atoms with van der Waals surface area (Å²) in [6.07, 6.45) is 1.09. The summed E-state index contributed by atoms with van der Waals surface area (Å²) in [5, 5.41) is 12.7. The van der Waals surface area contributed by atoms with Crippen LogP contribution in [0.3, 0.4) is 0 Å². The summed E-state index contributed by atoms with van der Waals surface area (Å²) in [6, 6.07) is 8.84. The molecular weight excluding hydrogens is 373 g/mol. The van der Waals surface area contributed by atoms with Gasteiger partial charge in [-0.3, -0.25) is 4.90 Å². The van der Waals surface area contributed by atoms with E-state index in [0.717, 1.165) is 24.4 Å². The fraction of sp³-hybridized carbons (Fsp3) is 0.455. The normalized spacial score (nSPS) is 30.2. The van der Waals surface area contributed by atoms with Crippen LogP contribution in [0.4, 0.5) is 0 Å². The molecule has 0 fully saturated rings. The summed E-state index contributed by atoms with van der Waals surface area (Å²) in [5.74, 6) is 1.71. The Kier molecular flexibility index (Phi) is 3.80. The van der Waals surface area contributed by atoms with E-state index in [-0.39, 0.29) is 26.7 Å². The minimum atomic E-state index is -0.402. The molecule has 146 valence electrons. The zero-order valence-electron chi connectivity index (χ0n) is 16.1. The van der Waals surface area contributed by atoms with E-state index in [2.05, 4.69) is 42.9 Å². The first-order valence-corrected chi connectivity index (χ1v) is 11.8. The fourth-order valence-electron chi connectivity index (χ4n) is 5.57. The maximum absolute atomic E-state index is 11.2. The van der Waals surface area contributed by atoms with Crippen molar-refractivity contribution >= 4 is 13.2 Å². The molecule has 4 atom stereocenters. The minimum Gasteiger partial charge on any atom is -0.454 e. The van der Waals surface area contributed by atoms with Crippen LogP contribution < -0.4 is 14.8 Å². The lowest BCUT2D eigenvalue weighted by molar-refractivity contribution is 0.0601. The molecule has 1 N–H and O–H groups in total. The molecule has 0 saturated carbocycles. The topological polar surface area (TPSA) is 51.2 Å². The van der Waals surface area contributed by atoms with Crippen LogP contribution in [0.5, 0.6) is 11.5 Å². The van der Waals surface area contributed by atoms with E-state index in [0.29, 0.717) is 13.0 Å². The van der Waals surface area contributed by atoms with Gasteiger partial charge in [0.1, 0.15) is 0 Å². The molecule has 0 spiro atoms. The number of rotatable bonds is 0. The van der Waals surface area contributed by atoms with Crippen molar-refractivity contribution in [2.45, 2.75) is 37.6 Å². The van der Waals surface area contributed by atoms with Gasteiger partial charge in [0.25, 0.3) is 0 Å². The Morgan fingerprint density at radius 3 is 2.79 bits per heavy atom. The highest BCUT2D eigenvalue weighted by atomic mass is 31.1. The summed E-state index contributed by atoms with van der Waals surface area (Å²) in [7, 11) is 1.88. The van der Waals surface area contributed by atoms with Crippen molar-refractivity contribution in [3.8, 4) is 11.5 Å². The van der Waals surface area contributed by atoms with Crippen molar-refractivity contribution in [3.63, 3.8) is 0 Å². The summed E-state index contributed by atoms with van der Waals surface area (Å²) < 4.78 is 17.0. The number of nitrogens with zero attached hydrogens (tertiary/aromatic N) is 1. The van der Waals surface area contributed by atoms with Crippen LogP contribution in [0.1, 0.15) is 39.8 Å². The largest absolute Gasteiger partial charge is 0.454 e. The molecule has 0 aromatic heterocycles. The Bertz CT molecular complexity index is 977. The molecule has 1 aliphatic carbocycles. The van der Waals surface area contributed by atoms with E-state index in [4.69, 9.17) is 14.2 Å².